The van der Waals surface area contributed by atoms with Crippen LogP contribution in [0.25, 0.3) is 0 Å². The molecule has 1 rings (SSSR count). The lowest BCUT2D eigenvalue weighted by atomic mass is 10.0. The molecule has 1 heteroatoms. The summed E-state index contributed by atoms with van der Waals surface area (Å²) in [5, 5.41) is 0. The van der Waals surface area contributed by atoms with Gasteiger partial charge in [0.25, 0.3) is 0 Å². The van der Waals surface area contributed by atoms with Crippen molar-refractivity contribution in [3.8, 4) is 0 Å². The van der Waals surface area contributed by atoms with Crippen molar-refractivity contribution in [2.24, 2.45) is 0 Å². The van der Waals surface area contributed by atoms with Gasteiger partial charge in [-0.1, -0.05) is 63.5 Å². The number of Topliss-reactive ketones (excluding diaryl/α,β-unsaturated/α-hetero) is 1. The average Bonchev–Trinajstić information content (AvgIpc) is 2.30. The SMILES string of the molecule is C=C1CCCCCCCCCCCCC(=O)C1. The molecule has 17 heavy (non-hydrogen) atoms. The number of hydrogen-bond donors (Lipinski definition) is 0. The van der Waals surface area contributed by atoms with Crippen molar-refractivity contribution in [2.45, 2.75) is 83.5 Å². The summed E-state index contributed by atoms with van der Waals surface area (Å²) in [5.41, 5.74) is 1.16. The van der Waals surface area contributed by atoms with E-state index in [1.165, 1.54) is 57.8 Å². The molecule has 1 nitrogen and oxygen atoms in total. The van der Waals surface area contributed by atoms with E-state index in [9.17, 15) is 4.79 Å². The van der Waals surface area contributed by atoms with Crippen LogP contribution in [-0.2, 0) is 4.79 Å². The van der Waals surface area contributed by atoms with Gasteiger partial charge in [-0.25, -0.2) is 0 Å². The summed E-state index contributed by atoms with van der Waals surface area (Å²) in [6.07, 6.45) is 15.6. The van der Waals surface area contributed by atoms with Gasteiger partial charge < -0.3 is 0 Å². The standard InChI is InChI=1S/C16H28O/c1-15-12-10-8-6-4-2-3-5-7-9-11-13-16(17)14-15/h1-14H2. The highest BCUT2D eigenvalue weighted by Gasteiger charge is 2.05. The number of rotatable bonds is 0. The van der Waals surface area contributed by atoms with E-state index in [1.54, 1.807) is 0 Å². The largest absolute Gasteiger partial charge is 0.299 e. The monoisotopic (exact) mass is 236 g/mol. The zero-order valence-electron chi connectivity index (χ0n) is 11.3. The van der Waals surface area contributed by atoms with Crippen molar-refractivity contribution in [1.29, 1.82) is 0 Å². The Hall–Kier alpha value is -0.590. The fourth-order valence-corrected chi connectivity index (χ4v) is 2.57. The van der Waals surface area contributed by atoms with Gasteiger partial charge in [-0.05, 0) is 19.3 Å². The Morgan fingerprint density at radius 2 is 1.06 bits per heavy atom. The normalized spacial score (nSPS) is 22.8. The van der Waals surface area contributed by atoms with E-state index in [1.807, 2.05) is 0 Å². The molecular weight excluding hydrogens is 208 g/mol. The molecule has 0 heterocycles. The maximum Gasteiger partial charge on any atom is 0.136 e. The van der Waals surface area contributed by atoms with Crippen molar-refractivity contribution >= 4 is 5.78 Å². The lowest BCUT2D eigenvalue weighted by Gasteiger charge is -2.04. The van der Waals surface area contributed by atoms with Gasteiger partial charge in [0.1, 0.15) is 5.78 Å². The van der Waals surface area contributed by atoms with E-state index in [0.717, 1.165) is 24.8 Å². The van der Waals surface area contributed by atoms with Gasteiger partial charge in [-0.15, -0.1) is 0 Å². The summed E-state index contributed by atoms with van der Waals surface area (Å²) in [6.45, 7) is 4.03. The Bertz CT molecular complexity index is 206. The first-order valence-corrected chi connectivity index (χ1v) is 7.47. The predicted octanol–water partition coefficient (Wildman–Crippen LogP) is 5.20. The highest BCUT2D eigenvalue weighted by atomic mass is 16.1. The molecule has 0 aromatic heterocycles. The van der Waals surface area contributed by atoms with Gasteiger partial charge in [0, 0.05) is 12.8 Å². The van der Waals surface area contributed by atoms with Crippen LogP contribution in [0, 0.1) is 0 Å². The molecule has 0 amide bonds. The fraction of sp³-hybridized carbons (Fsp3) is 0.812. The van der Waals surface area contributed by atoms with Crippen LogP contribution >= 0.6 is 0 Å². The fourth-order valence-electron chi connectivity index (χ4n) is 2.57. The second-order valence-corrected chi connectivity index (χ2v) is 5.50. The number of allylic oxidation sites excluding steroid dienone is 1. The van der Waals surface area contributed by atoms with E-state index in [0.29, 0.717) is 12.2 Å². The minimum absolute atomic E-state index is 0.407. The summed E-state index contributed by atoms with van der Waals surface area (Å²) in [6, 6.07) is 0. The van der Waals surface area contributed by atoms with Crippen LogP contribution in [0.1, 0.15) is 83.5 Å². The lowest BCUT2D eigenvalue weighted by molar-refractivity contribution is -0.118. The average molecular weight is 236 g/mol. The minimum atomic E-state index is 0.407. The van der Waals surface area contributed by atoms with Crippen LogP contribution in [0.15, 0.2) is 12.2 Å². The van der Waals surface area contributed by atoms with Crippen molar-refractivity contribution in [1.82, 2.24) is 0 Å². The highest BCUT2D eigenvalue weighted by Crippen LogP contribution is 2.17. The number of hydrogen-bond acceptors (Lipinski definition) is 1. The van der Waals surface area contributed by atoms with Crippen molar-refractivity contribution in [3.05, 3.63) is 12.2 Å². The third-order valence-corrected chi connectivity index (χ3v) is 3.68. The van der Waals surface area contributed by atoms with E-state index in [4.69, 9.17) is 0 Å². The quantitative estimate of drug-likeness (QED) is 0.528. The van der Waals surface area contributed by atoms with Gasteiger partial charge >= 0.3 is 0 Å². The van der Waals surface area contributed by atoms with E-state index in [-0.39, 0.29) is 0 Å². The molecule has 1 fully saturated rings. The molecule has 1 aliphatic rings. The Balaban J connectivity index is 2.26. The van der Waals surface area contributed by atoms with E-state index in [2.05, 4.69) is 6.58 Å². The molecule has 0 aromatic rings. The van der Waals surface area contributed by atoms with Crippen LogP contribution in [-0.4, -0.2) is 5.78 Å². The zero-order valence-corrected chi connectivity index (χ0v) is 11.3. The molecule has 0 spiro atoms. The van der Waals surface area contributed by atoms with Crippen LogP contribution in [0.2, 0.25) is 0 Å². The molecule has 0 atom stereocenters. The van der Waals surface area contributed by atoms with E-state index < -0.39 is 0 Å². The van der Waals surface area contributed by atoms with Gasteiger partial charge in [-0.2, -0.15) is 0 Å². The summed E-state index contributed by atoms with van der Waals surface area (Å²) in [7, 11) is 0. The first-order valence-electron chi connectivity index (χ1n) is 7.47. The highest BCUT2D eigenvalue weighted by molar-refractivity contribution is 5.80. The molecule has 0 bridgehead atoms. The molecule has 0 unspecified atom stereocenters. The molecule has 0 aliphatic heterocycles. The molecular formula is C16H28O. The maximum absolute atomic E-state index is 11.7. The molecule has 0 aromatic carbocycles. The second-order valence-electron chi connectivity index (χ2n) is 5.50. The third-order valence-electron chi connectivity index (χ3n) is 3.68. The molecule has 1 aliphatic carbocycles. The Kier molecular flexibility index (Phi) is 8.04. The minimum Gasteiger partial charge on any atom is -0.299 e. The van der Waals surface area contributed by atoms with Crippen molar-refractivity contribution in [2.75, 3.05) is 0 Å². The lowest BCUT2D eigenvalue weighted by Crippen LogP contribution is -1.99. The second kappa shape index (κ2) is 9.44. The van der Waals surface area contributed by atoms with Crippen molar-refractivity contribution < 1.29 is 4.79 Å². The van der Waals surface area contributed by atoms with Gasteiger partial charge in [0.2, 0.25) is 0 Å². The van der Waals surface area contributed by atoms with Crippen LogP contribution in [0.4, 0.5) is 0 Å². The van der Waals surface area contributed by atoms with Crippen LogP contribution < -0.4 is 0 Å². The number of ketones is 1. The first-order chi connectivity index (χ1) is 8.29. The van der Waals surface area contributed by atoms with E-state index >= 15 is 0 Å². The smallest absolute Gasteiger partial charge is 0.136 e. The zero-order chi connectivity index (χ0) is 12.3. The van der Waals surface area contributed by atoms with Gasteiger partial charge in [0.15, 0.2) is 0 Å². The Labute approximate surface area is 107 Å². The first kappa shape index (κ1) is 14.5. The molecule has 0 N–H and O–H groups in total. The van der Waals surface area contributed by atoms with Crippen molar-refractivity contribution in [3.63, 3.8) is 0 Å². The predicted molar refractivity (Wildman–Crippen MR) is 74.2 cm³/mol. The topological polar surface area (TPSA) is 17.1 Å². The summed E-state index contributed by atoms with van der Waals surface area (Å²) in [4.78, 5) is 11.7. The van der Waals surface area contributed by atoms with Crippen LogP contribution in [0.5, 0.6) is 0 Å². The van der Waals surface area contributed by atoms with Gasteiger partial charge in [0.05, 0.1) is 0 Å². The third kappa shape index (κ3) is 8.18. The molecule has 98 valence electrons. The van der Waals surface area contributed by atoms with Gasteiger partial charge in [-0.3, -0.25) is 4.79 Å². The summed E-state index contributed by atoms with van der Waals surface area (Å²) >= 11 is 0. The molecule has 1 saturated carbocycles. The number of carbonyl (C=O) groups excluding carboxylic acids is 1. The summed E-state index contributed by atoms with van der Waals surface area (Å²) < 4.78 is 0. The maximum atomic E-state index is 11.7. The molecule has 0 radical (unpaired) electrons. The Morgan fingerprint density at radius 3 is 1.59 bits per heavy atom. The van der Waals surface area contributed by atoms with Crippen LogP contribution in [0.3, 0.4) is 0 Å². The number of carbonyl (C=O) groups is 1. The summed E-state index contributed by atoms with van der Waals surface area (Å²) in [5.74, 6) is 0.407. The molecule has 0 saturated heterocycles. The Morgan fingerprint density at radius 1 is 0.647 bits per heavy atom.